The number of allylic oxidation sites excluding steroid dienone is 1. The molecule has 0 aromatic heterocycles. The highest BCUT2D eigenvalue weighted by Gasteiger charge is 2.20. The number of hydrogen-bond acceptors (Lipinski definition) is 2. The average Bonchev–Trinajstić information content (AvgIpc) is 3.02. The fourth-order valence-electron chi connectivity index (χ4n) is 3.10. The van der Waals surface area contributed by atoms with Gasteiger partial charge in [-0.2, -0.15) is 0 Å². The molecule has 1 amide bonds. The third-order valence-electron chi connectivity index (χ3n) is 4.56. The first-order valence-corrected chi connectivity index (χ1v) is 9.03. The number of carbonyl (C=O) groups is 1. The number of nitrogens with one attached hydrogen (secondary N) is 1. The van der Waals surface area contributed by atoms with E-state index in [1.54, 1.807) is 7.05 Å². The van der Waals surface area contributed by atoms with Crippen molar-refractivity contribution in [2.45, 2.75) is 38.8 Å². The monoisotopic (exact) mass is 342 g/mol. The second-order valence-corrected chi connectivity index (χ2v) is 6.44. The first kappa shape index (κ1) is 19.0. The number of carbonyl (C=O) groups excluding carboxylic acids is 1. The summed E-state index contributed by atoms with van der Waals surface area (Å²) >= 11 is 0. The van der Waals surface area contributed by atoms with E-state index in [1.807, 2.05) is 30.2 Å². The third-order valence-corrected chi connectivity index (χ3v) is 4.56. The fraction of sp³-hybridized carbons (Fsp3) is 0.500. The van der Waals surface area contributed by atoms with Crippen LogP contribution in [-0.2, 0) is 17.9 Å². The predicted molar refractivity (Wildman–Crippen MR) is 103 cm³/mol. The molecule has 1 aromatic carbocycles. The van der Waals surface area contributed by atoms with E-state index < -0.39 is 0 Å². The molecule has 1 fully saturated rings. The molecule has 136 valence electrons. The number of hydrogen-bond donors (Lipinski definition) is 1. The van der Waals surface area contributed by atoms with Crippen molar-refractivity contribution in [1.82, 2.24) is 15.1 Å². The quantitative estimate of drug-likeness (QED) is 0.342. The summed E-state index contributed by atoms with van der Waals surface area (Å²) in [5.74, 6) is 1.15. The Kier molecular flexibility index (Phi) is 7.51. The van der Waals surface area contributed by atoms with Gasteiger partial charge in [0, 0.05) is 46.7 Å². The molecule has 1 saturated heterocycles. The zero-order valence-electron chi connectivity index (χ0n) is 15.5. The van der Waals surface area contributed by atoms with E-state index in [0.29, 0.717) is 19.5 Å². The molecule has 0 spiro atoms. The minimum absolute atomic E-state index is 0.264. The van der Waals surface area contributed by atoms with Gasteiger partial charge in [0.15, 0.2) is 5.96 Å². The van der Waals surface area contributed by atoms with Crippen molar-refractivity contribution in [3.05, 3.63) is 48.0 Å². The zero-order chi connectivity index (χ0) is 18.1. The normalized spacial score (nSPS) is 14.7. The highest BCUT2D eigenvalue weighted by Crippen LogP contribution is 2.17. The second kappa shape index (κ2) is 9.87. The molecule has 2 rings (SSSR count). The maximum absolute atomic E-state index is 11.9. The molecule has 25 heavy (non-hydrogen) atoms. The van der Waals surface area contributed by atoms with Gasteiger partial charge in [-0.05, 0) is 30.4 Å². The number of rotatable bonds is 8. The summed E-state index contributed by atoms with van der Waals surface area (Å²) in [5, 5.41) is 3.44. The van der Waals surface area contributed by atoms with Crippen molar-refractivity contribution in [1.29, 1.82) is 0 Å². The first-order chi connectivity index (χ1) is 12.2. The highest BCUT2D eigenvalue weighted by atomic mass is 16.2. The summed E-state index contributed by atoms with van der Waals surface area (Å²) in [6.07, 6.45) is 5.67. The van der Waals surface area contributed by atoms with Gasteiger partial charge >= 0.3 is 0 Å². The van der Waals surface area contributed by atoms with Crippen LogP contribution in [0.2, 0.25) is 0 Å². The van der Waals surface area contributed by atoms with Crippen LogP contribution in [0.25, 0.3) is 0 Å². The van der Waals surface area contributed by atoms with E-state index in [0.717, 1.165) is 38.3 Å². The Balaban J connectivity index is 1.95. The topological polar surface area (TPSA) is 47.9 Å². The molecule has 1 aliphatic rings. The van der Waals surface area contributed by atoms with E-state index in [9.17, 15) is 4.79 Å². The number of nitrogens with zero attached hydrogens (tertiary/aromatic N) is 3. The Labute approximate surface area is 151 Å². The smallest absolute Gasteiger partial charge is 0.222 e. The fourth-order valence-corrected chi connectivity index (χ4v) is 3.10. The van der Waals surface area contributed by atoms with Gasteiger partial charge in [-0.25, -0.2) is 0 Å². The summed E-state index contributed by atoms with van der Waals surface area (Å²) in [4.78, 5) is 20.4. The van der Waals surface area contributed by atoms with Crippen molar-refractivity contribution in [3.63, 3.8) is 0 Å². The molecule has 1 N–H and O–H groups in total. The van der Waals surface area contributed by atoms with Gasteiger partial charge in [0.05, 0.1) is 0 Å². The van der Waals surface area contributed by atoms with Crippen LogP contribution in [0.5, 0.6) is 0 Å². The molecule has 5 nitrogen and oxygen atoms in total. The van der Waals surface area contributed by atoms with E-state index in [2.05, 4.69) is 33.9 Å². The van der Waals surface area contributed by atoms with Crippen LogP contribution in [0.4, 0.5) is 0 Å². The lowest BCUT2D eigenvalue weighted by Crippen LogP contribution is -2.39. The molecule has 0 unspecified atom stereocenters. The summed E-state index contributed by atoms with van der Waals surface area (Å²) in [6.45, 7) is 6.98. The van der Waals surface area contributed by atoms with E-state index >= 15 is 0 Å². The minimum Gasteiger partial charge on any atom is -0.352 e. The van der Waals surface area contributed by atoms with E-state index in [4.69, 9.17) is 0 Å². The van der Waals surface area contributed by atoms with Crippen molar-refractivity contribution in [3.8, 4) is 0 Å². The van der Waals surface area contributed by atoms with Gasteiger partial charge in [-0.3, -0.25) is 9.79 Å². The number of aliphatic imine (C=N–C) groups is 1. The van der Waals surface area contributed by atoms with Crippen LogP contribution in [0.1, 0.15) is 36.8 Å². The lowest BCUT2D eigenvalue weighted by molar-refractivity contribution is -0.128. The molecule has 1 heterocycles. The minimum atomic E-state index is 0.264. The molecular weight excluding hydrogens is 312 g/mol. The van der Waals surface area contributed by atoms with E-state index in [-0.39, 0.29) is 5.91 Å². The number of likely N-dealkylation sites (tertiary alicyclic amines) is 1. The number of benzene rings is 1. The van der Waals surface area contributed by atoms with Crippen LogP contribution >= 0.6 is 0 Å². The summed E-state index contributed by atoms with van der Waals surface area (Å²) < 4.78 is 0. The van der Waals surface area contributed by atoms with Crippen molar-refractivity contribution in [2.75, 3.05) is 27.2 Å². The lowest BCUT2D eigenvalue weighted by atomic mass is 10.1. The molecule has 0 bridgehead atoms. The highest BCUT2D eigenvalue weighted by molar-refractivity contribution is 5.79. The average molecular weight is 342 g/mol. The van der Waals surface area contributed by atoms with Crippen molar-refractivity contribution < 1.29 is 4.79 Å². The Morgan fingerprint density at radius 2 is 2.16 bits per heavy atom. The van der Waals surface area contributed by atoms with Crippen LogP contribution in [0, 0.1) is 0 Å². The second-order valence-electron chi connectivity index (χ2n) is 6.44. The van der Waals surface area contributed by atoms with Gasteiger partial charge < -0.3 is 15.1 Å². The van der Waals surface area contributed by atoms with Crippen LogP contribution in [0.15, 0.2) is 41.9 Å². The summed E-state index contributed by atoms with van der Waals surface area (Å²) in [6, 6.07) is 8.31. The molecule has 0 saturated carbocycles. The lowest BCUT2D eigenvalue weighted by Gasteiger charge is -2.23. The Morgan fingerprint density at radius 3 is 2.80 bits per heavy atom. The Bertz CT molecular complexity index is 611. The number of amides is 1. The maximum atomic E-state index is 11.9. The van der Waals surface area contributed by atoms with Gasteiger partial charge in [0.2, 0.25) is 5.91 Å². The standard InChI is InChI=1S/C20H30N4O/c1-4-5-8-13-23(3)20(21-2)22-15-17-10-6-7-11-18(17)16-24-14-9-12-19(24)25/h4,6-7,10-11H,1,5,8-9,12-16H2,2-3H3,(H,21,22). The SMILES string of the molecule is C=CCCCN(C)C(=NC)NCc1ccccc1CN1CCCC1=O. The van der Waals surface area contributed by atoms with Crippen LogP contribution in [0.3, 0.4) is 0 Å². The molecule has 1 aliphatic heterocycles. The van der Waals surface area contributed by atoms with Crippen LogP contribution in [-0.4, -0.2) is 48.9 Å². The van der Waals surface area contributed by atoms with Gasteiger partial charge in [-0.15, -0.1) is 6.58 Å². The largest absolute Gasteiger partial charge is 0.352 e. The summed E-state index contributed by atoms with van der Waals surface area (Å²) in [7, 11) is 3.86. The first-order valence-electron chi connectivity index (χ1n) is 9.03. The zero-order valence-corrected chi connectivity index (χ0v) is 15.5. The molecular formula is C20H30N4O. The third kappa shape index (κ3) is 5.62. The summed E-state index contributed by atoms with van der Waals surface area (Å²) in [5.41, 5.74) is 2.41. The molecule has 5 heteroatoms. The van der Waals surface area contributed by atoms with Crippen molar-refractivity contribution >= 4 is 11.9 Å². The van der Waals surface area contributed by atoms with Gasteiger partial charge in [0.1, 0.15) is 0 Å². The molecule has 0 radical (unpaired) electrons. The van der Waals surface area contributed by atoms with Crippen molar-refractivity contribution in [2.24, 2.45) is 4.99 Å². The van der Waals surface area contributed by atoms with Gasteiger partial charge in [0.25, 0.3) is 0 Å². The molecule has 0 atom stereocenters. The molecule has 1 aromatic rings. The van der Waals surface area contributed by atoms with Gasteiger partial charge in [-0.1, -0.05) is 30.3 Å². The Hall–Kier alpha value is -2.30. The predicted octanol–water partition coefficient (Wildman–Crippen LogP) is 2.78. The van der Waals surface area contributed by atoms with Crippen LogP contribution < -0.4 is 5.32 Å². The Morgan fingerprint density at radius 1 is 1.40 bits per heavy atom. The maximum Gasteiger partial charge on any atom is 0.222 e. The number of unbranched alkanes of at least 4 members (excludes halogenated alkanes) is 1. The number of guanidine groups is 1. The molecule has 0 aliphatic carbocycles. The van der Waals surface area contributed by atoms with E-state index in [1.165, 1.54) is 11.1 Å².